The summed E-state index contributed by atoms with van der Waals surface area (Å²) in [5.74, 6) is 0.760. The van der Waals surface area contributed by atoms with E-state index in [4.69, 9.17) is 9.47 Å². The van der Waals surface area contributed by atoms with Gasteiger partial charge in [0.15, 0.2) is 0 Å². The van der Waals surface area contributed by atoms with Gasteiger partial charge in [0, 0.05) is 24.9 Å². The van der Waals surface area contributed by atoms with E-state index in [2.05, 4.69) is 18.9 Å². The van der Waals surface area contributed by atoms with Gasteiger partial charge in [-0.1, -0.05) is 6.07 Å². The van der Waals surface area contributed by atoms with Gasteiger partial charge in [-0.3, -0.25) is 4.68 Å². The third-order valence-corrected chi connectivity index (χ3v) is 3.24. The molecule has 5 nitrogen and oxygen atoms in total. The molecular weight excluding hydrogens is 268 g/mol. The first-order chi connectivity index (χ1) is 10.2. The van der Waals surface area contributed by atoms with Crippen LogP contribution < -0.4 is 4.74 Å². The van der Waals surface area contributed by atoms with E-state index in [-0.39, 0.29) is 12.6 Å². The van der Waals surface area contributed by atoms with E-state index in [1.165, 1.54) is 0 Å². The monoisotopic (exact) mass is 290 g/mol. The highest BCUT2D eigenvalue weighted by molar-refractivity contribution is 5.66. The summed E-state index contributed by atoms with van der Waals surface area (Å²) in [5.41, 5.74) is 2.78. The van der Waals surface area contributed by atoms with Crippen LogP contribution in [0.15, 0.2) is 30.5 Å². The zero-order chi connectivity index (χ0) is 15.2. The van der Waals surface area contributed by atoms with Crippen molar-refractivity contribution in [2.45, 2.75) is 26.5 Å². The highest BCUT2D eigenvalue weighted by Gasteiger charge is 2.13. The minimum atomic E-state index is -0.0169. The molecule has 0 amide bonds. The third-order valence-electron chi connectivity index (χ3n) is 3.24. The number of rotatable bonds is 7. The molecule has 1 heterocycles. The van der Waals surface area contributed by atoms with Gasteiger partial charge in [-0.15, -0.1) is 0 Å². The molecule has 0 atom stereocenters. The van der Waals surface area contributed by atoms with Crippen LogP contribution in [-0.2, 0) is 11.3 Å². The molecule has 2 aromatic rings. The fraction of sp³-hybridized carbons (Fsp3) is 0.438. The van der Waals surface area contributed by atoms with Crippen LogP contribution in [0.4, 0.5) is 0 Å². The first-order valence-electron chi connectivity index (χ1n) is 7.06. The highest BCUT2D eigenvalue weighted by Crippen LogP contribution is 2.29. The van der Waals surface area contributed by atoms with Crippen molar-refractivity contribution >= 4 is 0 Å². The standard InChI is InChI=1S/C16H22N2O3/c1-12(2)18-16(6-7-17-18)15-10-14(21-9-8-20-3)5-4-13(15)11-19/h4-7,10,12,19H,8-9,11H2,1-3H3. The maximum absolute atomic E-state index is 9.56. The number of aliphatic hydroxyl groups is 1. The number of aromatic nitrogens is 2. The average molecular weight is 290 g/mol. The minimum absolute atomic E-state index is 0.0169. The van der Waals surface area contributed by atoms with E-state index in [1.807, 2.05) is 28.9 Å². The summed E-state index contributed by atoms with van der Waals surface area (Å²) in [6, 6.07) is 7.89. The number of hydrogen-bond donors (Lipinski definition) is 1. The predicted molar refractivity (Wildman–Crippen MR) is 81.3 cm³/mol. The van der Waals surface area contributed by atoms with Gasteiger partial charge in [-0.05, 0) is 37.6 Å². The molecule has 0 bridgehead atoms. The number of benzene rings is 1. The second-order valence-corrected chi connectivity index (χ2v) is 5.07. The predicted octanol–water partition coefficient (Wildman–Crippen LogP) is 2.65. The largest absolute Gasteiger partial charge is 0.491 e. The van der Waals surface area contributed by atoms with E-state index in [0.29, 0.717) is 13.2 Å². The van der Waals surface area contributed by atoms with E-state index < -0.39 is 0 Å². The molecule has 0 aliphatic heterocycles. The Bertz CT molecular complexity index is 579. The number of hydrogen-bond acceptors (Lipinski definition) is 4. The van der Waals surface area contributed by atoms with Crippen LogP contribution in [0.3, 0.4) is 0 Å². The molecule has 1 N–H and O–H groups in total. The van der Waals surface area contributed by atoms with Crippen molar-refractivity contribution < 1.29 is 14.6 Å². The Morgan fingerprint density at radius 1 is 1.24 bits per heavy atom. The van der Waals surface area contributed by atoms with Gasteiger partial charge in [-0.2, -0.15) is 5.10 Å². The summed E-state index contributed by atoms with van der Waals surface area (Å²) in [6.45, 7) is 5.18. The van der Waals surface area contributed by atoms with Crippen molar-refractivity contribution in [3.8, 4) is 17.0 Å². The lowest BCUT2D eigenvalue weighted by molar-refractivity contribution is 0.146. The zero-order valence-electron chi connectivity index (χ0n) is 12.7. The summed E-state index contributed by atoms with van der Waals surface area (Å²) < 4.78 is 12.6. The van der Waals surface area contributed by atoms with Crippen LogP contribution in [0, 0.1) is 0 Å². The van der Waals surface area contributed by atoms with Crippen molar-refractivity contribution in [3.05, 3.63) is 36.0 Å². The fourth-order valence-electron chi connectivity index (χ4n) is 2.20. The maximum Gasteiger partial charge on any atom is 0.120 e. The van der Waals surface area contributed by atoms with Gasteiger partial charge in [0.25, 0.3) is 0 Å². The summed E-state index contributed by atoms with van der Waals surface area (Å²) >= 11 is 0. The summed E-state index contributed by atoms with van der Waals surface area (Å²) in [5, 5.41) is 13.9. The van der Waals surface area contributed by atoms with Gasteiger partial charge in [0.1, 0.15) is 12.4 Å². The molecule has 0 unspecified atom stereocenters. The van der Waals surface area contributed by atoms with Crippen molar-refractivity contribution in [3.63, 3.8) is 0 Å². The van der Waals surface area contributed by atoms with E-state index >= 15 is 0 Å². The molecule has 1 aromatic carbocycles. The minimum Gasteiger partial charge on any atom is -0.491 e. The van der Waals surface area contributed by atoms with E-state index in [9.17, 15) is 5.11 Å². The van der Waals surface area contributed by atoms with Crippen LogP contribution in [0.1, 0.15) is 25.5 Å². The van der Waals surface area contributed by atoms with Crippen LogP contribution in [0.5, 0.6) is 5.75 Å². The molecule has 5 heteroatoms. The molecule has 114 valence electrons. The molecule has 0 radical (unpaired) electrons. The Kier molecular flexibility index (Phi) is 5.36. The number of nitrogens with zero attached hydrogens (tertiary/aromatic N) is 2. The highest BCUT2D eigenvalue weighted by atomic mass is 16.5. The smallest absolute Gasteiger partial charge is 0.120 e. The molecule has 0 fully saturated rings. The second-order valence-electron chi connectivity index (χ2n) is 5.07. The lowest BCUT2D eigenvalue weighted by Crippen LogP contribution is -2.07. The number of ether oxygens (including phenoxy) is 2. The first-order valence-corrected chi connectivity index (χ1v) is 7.06. The van der Waals surface area contributed by atoms with Crippen molar-refractivity contribution in [2.24, 2.45) is 0 Å². The van der Waals surface area contributed by atoms with Crippen LogP contribution in [-0.4, -0.2) is 35.2 Å². The van der Waals surface area contributed by atoms with Crippen molar-refractivity contribution in [1.29, 1.82) is 0 Å². The van der Waals surface area contributed by atoms with Gasteiger partial charge in [0.2, 0.25) is 0 Å². The van der Waals surface area contributed by atoms with Crippen LogP contribution in [0.2, 0.25) is 0 Å². The maximum atomic E-state index is 9.56. The molecule has 0 aliphatic carbocycles. The Labute approximate surface area is 125 Å². The Morgan fingerprint density at radius 2 is 2.05 bits per heavy atom. The summed E-state index contributed by atoms with van der Waals surface area (Å²) in [7, 11) is 1.64. The number of methoxy groups -OCH3 is 1. The number of aliphatic hydroxyl groups excluding tert-OH is 1. The molecule has 1 aromatic heterocycles. The quantitative estimate of drug-likeness (QED) is 0.796. The molecule has 0 spiro atoms. The van der Waals surface area contributed by atoms with Crippen molar-refractivity contribution in [1.82, 2.24) is 9.78 Å². The molecule has 0 aliphatic rings. The van der Waals surface area contributed by atoms with Gasteiger partial charge in [-0.25, -0.2) is 0 Å². The van der Waals surface area contributed by atoms with E-state index in [0.717, 1.165) is 22.6 Å². The fourth-order valence-corrected chi connectivity index (χ4v) is 2.20. The van der Waals surface area contributed by atoms with Crippen LogP contribution >= 0.6 is 0 Å². The van der Waals surface area contributed by atoms with Crippen molar-refractivity contribution in [2.75, 3.05) is 20.3 Å². The molecule has 0 saturated carbocycles. The molecular formula is C16H22N2O3. The summed E-state index contributed by atoms with van der Waals surface area (Å²) in [6.07, 6.45) is 1.77. The first kappa shape index (κ1) is 15.5. The average Bonchev–Trinajstić information content (AvgIpc) is 2.97. The third kappa shape index (κ3) is 3.62. The molecule has 2 rings (SSSR count). The normalized spacial score (nSPS) is 11.1. The SMILES string of the molecule is COCCOc1ccc(CO)c(-c2ccnn2C(C)C)c1. The topological polar surface area (TPSA) is 56.5 Å². The lowest BCUT2D eigenvalue weighted by Gasteiger charge is -2.15. The zero-order valence-corrected chi connectivity index (χ0v) is 12.7. The summed E-state index contributed by atoms with van der Waals surface area (Å²) in [4.78, 5) is 0. The Morgan fingerprint density at radius 3 is 2.71 bits per heavy atom. The molecule has 21 heavy (non-hydrogen) atoms. The Balaban J connectivity index is 2.35. The van der Waals surface area contributed by atoms with Gasteiger partial charge < -0.3 is 14.6 Å². The van der Waals surface area contributed by atoms with Gasteiger partial charge in [0.05, 0.1) is 18.9 Å². The lowest BCUT2D eigenvalue weighted by atomic mass is 10.0. The molecule has 0 saturated heterocycles. The van der Waals surface area contributed by atoms with E-state index in [1.54, 1.807) is 13.3 Å². The second kappa shape index (κ2) is 7.24. The Hall–Kier alpha value is -1.85. The van der Waals surface area contributed by atoms with Gasteiger partial charge >= 0.3 is 0 Å². The van der Waals surface area contributed by atoms with Crippen LogP contribution in [0.25, 0.3) is 11.3 Å².